The normalized spacial score (nSPS) is 15.4. The summed E-state index contributed by atoms with van der Waals surface area (Å²) in [6, 6.07) is 11.0. The van der Waals surface area contributed by atoms with Crippen LogP contribution in [-0.2, 0) is 4.79 Å². The molecule has 1 aliphatic rings. The lowest BCUT2D eigenvalue weighted by atomic mass is 10.1. The van der Waals surface area contributed by atoms with Crippen LogP contribution in [0.3, 0.4) is 0 Å². The number of nitrogens with one attached hydrogen (secondary N) is 2. The molecular formula is C24H23F3N4O5. The molecule has 1 aliphatic heterocycles. The molecule has 9 nitrogen and oxygen atoms in total. The van der Waals surface area contributed by atoms with Gasteiger partial charge in [-0.2, -0.15) is 0 Å². The number of carbonyl (C=O) groups is 2. The minimum atomic E-state index is -4.76. The third kappa shape index (κ3) is 6.12. The van der Waals surface area contributed by atoms with Crippen molar-refractivity contribution in [1.82, 2.24) is 20.2 Å². The van der Waals surface area contributed by atoms with E-state index in [1.807, 2.05) is 0 Å². The van der Waals surface area contributed by atoms with Crippen molar-refractivity contribution in [2.75, 3.05) is 13.1 Å². The third-order valence-corrected chi connectivity index (χ3v) is 5.65. The molecule has 4 rings (SSSR count). The summed E-state index contributed by atoms with van der Waals surface area (Å²) in [7, 11) is 0. The molecule has 36 heavy (non-hydrogen) atoms. The van der Waals surface area contributed by atoms with Crippen LogP contribution in [0.5, 0.6) is 11.5 Å². The number of aromatic amines is 1. The first kappa shape index (κ1) is 25.0. The van der Waals surface area contributed by atoms with Gasteiger partial charge in [-0.15, -0.1) is 13.2 Å². The monoisotopic (exact) mass is 504 g/mol. The molecule has 1 saturated heterocycles. The van der Waals surface area contributed by atoms with E-state index < -0.39 is 23.9 Å². The first-order valence-corrected chi connectivity index (χ1v) is 11.2. The molecule has 0 spiro atoms. The van der Waals surface area contributed by atoms with E-state index in [0.29, 0.717) is 42.7 Å². The van der Waals surface area contributed by atoms with Gasteiger partial charge < -0.3 is 24.7 Å². The Morgan fingerprint density at radius 2 is 1.72 bits per heavy atom. The molecule has 1 aromatic heterocycles. The maximum Gasteiger partial charge on any atom is 0.573 e. The van der Waals surface area contributed by atoms with E-state index in [4.69, 9.17) is 4.74 Å². The number of carbonyl (C=O) groups excluding carboxylic acids is 2. The van der Waals surface area contributed by atoms with Crippen molar-refractivity contribution in [3.8, 4) is 11.5 Å². The van der Waals surface area contributed by atoms with Gasteiger partial charge in [0, 0.05) is 25.9 Å². The van der Waals surface area contributed by atoms with Gasteiger partial charge in [-0.1, -0.05) is 12.1 Å². The van der Waals surface area contributed by atoms with Crippen LogP contribution in [0.15, 0.2) is 53.3 Å². The molecule has 0 saturated carbocycles. The maximum absolute atomic E-state index is 12.8. The fourth-order valence-electron chi connectivity index (χ4n) is 3.89. The summed E-state index contributed by atoms with van der Waals surface area (Å²) >= 11 is 0. The molecule has 3 aromatic rings. The predicted octanol–water partition coefficient (Wildman–Crippen LogP) is 3.01. The first-order valence-electron chi connectivity index (χ1n) is 11.2. The Balaban J connectivity index is 1.29. The highest BCUT2D eigenvalue weighted by atomic mass is 19.4. The van der Waals surface area contributed by atoms with Gasteiger partial charge in [0.1, 0.15) is 23.6 Å². The molecule has 2 aromatic carbocycles. The van der Waals surface area contributed by atoms with Gasteiger partial charge in [0.05, 0.1) is 11.0 Å². The summed E-state index contributed by atoms with van der Waals surface area (Å²) < 4.78 is 46.5. The molecule has 12 heteroatoms. The van der Waals surface area contributed by atoms with Gasteiger partial charge in [-0.25, -0.2) is 4.98 Å². The number of fused-ring (bicyclic) bond motifs is 1. The van der Waals surface area contributed by atoms with E-state index in [1.54, 1.807) is 29.2 Å². The topological polar surface area (TPSA) is 114 Å². The van der Waals surface area contributed by atoms with Crippen LogP contribution in [0.1, 0.15) is 30.3 Å². The van der Waals surface area contributed by atoms with Crippen molar-refractivity contribution in [2.24, 2.45) is 0 Å². The van der Waals surface area contributed by atoms with Crippen LogP contribution in [0.4, 0.5) is 13.2 Å². The lowest BCUT2D eigenvalue weighted by Crippen LogP contribution is -2.51. The number of ether oxygens (including phenoxy) is 2. The number of hydrogen-bond donors (Lipinski definition) is 2. The summed E-state index contributed by atoms with van der Waals surface area (Å²) in [6.07, 6.45) is -3.99. The highest BCUT2D eigenvalue weighted by Crippen LogP contribution is 2.26. The van der Waals surface area contributed by atoms with Crippen molar-refractivity contribution in [3.63, 3.8) is 0 Å². The SMILES string of the molecule is C[C@H](NC(=O)c1nc2ccccc2[nH]c1=O)C(=O)N1CCC(Oc2ccc(OC(F)(F)F)cc2)CC1. The van der Waals surface area contributed by atoms with Crippen LogP contribution in [0.2, 0.25) is 0 Å². The molecule has 190 valence electrons. The van der Waals surface area contributed by atoms with Crippen molar-refractivity contribution in [3.05, 3.63) is 64.6 Å². The second kappa shape index (κ2) is 10.3. The largest absolute Gasteiger partial charge is 0.573 e. The zero-order chi connectivity index (χ0) is 25.9. The number of aromatic nitrogens is 2. The number of piperidine rings is 1. The van der Waals surface area contributed by atoms with Gasteiger partial charge in [0.15, 0.2) is 5.69 Å². The standard InChI is InChI=1S/C24H23F3N4O5/c1-14(28-21(32)20-22(33)30-19-5-3-2-4-18(19)29-20)23(34)31-12-10-16(11-13-31)35-15-6-8-17(9-7-15)36-24(25,26)27/h2-9,14,16H,10-13H2,1H3,(H,28,32)(H,30,33)/t14-/m0/s1. The van der Waals surface area contributed by atoms with Gasteiger partial charge in [-0.3, -0.25) is 14.4 Å². The van der Waals surface area contributed by atoms with E-state index in [9.17, 15) is 27.6 Å². The number of rotatable bonds is 6. The van der Waals surface area contributed by atoms with Crippen LogP contribution < -0.4 is 20.3 Å². The molecule has 2 heterocycles. The fourth-order valence-corrected chi connectivity index (χ4v) is 3.89. The molecular weight excluding hydrogens is 481 g/mol. The highest BCUT2D eigenvalue weighted by Gasteiger charge is 2.31. The molecule has 2 N–H and O–H groups in total. The third-order valence-electron chi connectivity index (χ3n) is 5.65. The minimum absolute atomic E-state index is 0.228. The Bertz CT molecular complexity index is 1300. The van der Waals surface area contributed by atoms with Gasteiger partial charge >= 0.3 is 6.36 Å². The van der Waals surface area contributed by atoms with Gasteiger partial charge in [-0.05, 0) is 43.3 Å². The van der Waals surface area contributed by atoms with E-state index in [0.717, 1.165) is 0 Å². The number of H-pyrrole nitrogens is 1. The zero-order valence-electron chi connectivity index (χ0n) is 19.2. The van der Waals surface area contributed by atoms with Crippen LogP contribution in [0, 0.1) is 0 Å². The summed E-state index contributed by atoms with van der Waals surface area (Å²) in [6.45, 7) is 2.27. The number of para-hydroxylation sites is 2. The Kier molecular flexibility index (Phi) is 7.13. The Morgan fingerprint density at radius 1 is 1.08 bits per heavy atom. The Hall–Kier alpha value is -4.09. The summed E-state index contributed by atoms with van der Waals surface area (Å²) in [5.41, 5.74) is -0.0291. The summed E-state index contributed by atoms with van der Waals surface area (Å²) in [5, 5.41) is 2.54. The average molecular weight is 504 g/mol. The molecule has 1 fully saturated rings. The van der Waals surface area contributed by atoms with E-state index in [1.165, 1.54) is 31.2 Å². The van der Waals surface area contributed by atoms with Crippen molar-refractivity contribution >= 4 is 22.8 Å². The van der Waals surface area contributed by atoms with E-state index in [-0.39, 0.29) is 23.5 Å². The molecule has 0 unspecified atom stereocenters. The lowest BCUT2D eigenvalue weighted by Gasteiger charge is -2.33. The molecule has 0 bridgehead atoms. The van der Waals surface area contributed by atoms with Crippen molar-refractivity contribution in [2.45, 2.75) is 38.3 Å². The molecule has 0 radical (unpaired) electrons. The number of alkyl halides is 3. The Morgan fingerprint density at radius 3 is 2.39 bits per heavy atom. The predicted molar refractivity (Wildman–Crippen MR) is 123 cm³/mol. The molecule has 2 amide bonds. The second-order valence-electron chi connectivity index (χ2n) is 8.29. The number of benzene rings is 2. The van der Waals surface area contributed by atoms with Gasteiger partial charge in [0.2, 0.25) is 5.91 Å². The summed E-state index contributed by atoms with van der Waals surface area (Å²) in [5.74, 6) is -1.01. The number of likely N-dealkylation sites (tertiary alicyclic amines) is 1. The minimum Gasteiger partial charge on any atom is -0.490 e. The first-order chi connectivity index (χ1) is 17.1. The Labute approximate surface area is 203 Å². The quantitative estimate of drug-likeness (QED) is 0.534. The second-order valence-corrected chi connectivity index (χ2v) is 8.29. The van der Waals surface area contributed by atoms with Crippen LogP contribution in [0.25, 0.3) is 11.0 Å². The van der Waals surface area contributed by atoms with Crippen molar-refractivity contribution in [1.29, 1.82) is 0 Å². The molecule has 1 atom stereocenters. The summed E-state index contributed by atoms with van der Waals surface area (Å²) in [4.78, 5) is 46.0. The highest BCUT2D eigenvalue weighted by molar-refractivity contribution is 5.96. The smallest absolute Gasteiger partial charge is 0.490 e. The maximum atomic E-state index is 12.8. The van der Waals surface area contributed by atoms with E-state index in [2.05, 4.69) is 20.0 Å². The lowest BCUT2D eigenvalue weighted by molar-refractivity contribution is -0.274. The van der Waals surface area contributed by atoms with Crippen LogP contribution >= 0.6 is 0 Å². The number of amides is 2. The number of halogens is 3. The van der Waals surface area contributed by atoms with Gasteiger partial charge in [0.25, 0.3) is 11.5 Å². The van der Waals surface area contributed by atoms with Crippen LogP contribution in [-0.4, -0.2) is 58.3 Å². The van der Waals surface area contributed by atoms with E-state index >= 15 is 0 Å². The average Bonchev–Trinajstić information content (AvgIpc) is 2.84. The number of nitrogens with zero attached hydrogens (tertiary/aromatic N) is 2. The zero-order valence-corrected chi connectivity index (χ0v) is 19.2. The molecule has 0 aliphatic carbocycles. The number of hydrogen-bond acceptors (Lipinski definition) is 6. The fraction of sp³-hybridized carbons (Fsp3) is 0.333. The van der Waals surface area contributed by atoms with Crippen molar-refractivity contribution < 1.29 is 32.2 Å².